The summed E-state index contributed by atoms with van der Waals surface area (Å²) in [6.45, 7) is 2.51. The summed E-state index contributed by atoms with van der Waals surface area (Å²) in [6.07, 6.45) is 11.2. The van der Waals surface area contributed by atoms with Gasteiger partial charge in [0.15, 0.2) is 5.66 Å². The molecule has 5 nitrogen and oxygen atoms in total. The van der Waals surface area contributed by atoms with E-state index in [4.69, 9.17) is 11.2 Å². The van der Waals surface area contributed by atoms with Gasteiger partial charge in [0, 0.05) is 52.5 Å². The van der Waals surface area contributed by atoms with E-state index in [-0.39, 0.29) is 11.6 Å². The zero-order valence-electron chi connectivity index (χ0n) is 12.9. The molecule has 116 valence electrons. The van der Waals surface area contributed by atoms with Gasteiger partial charge in [0.1, 0.15) is 0 Å². The third kappa shape index (κ3) is 4.82. The molecular formula is C16H25N3O2. The third-order valence-electron chi connectivity index (χ3n) is 4.39. The number of amides is 1. The molecule has 1 unspecified atom stereocenters. The van der Waals surface area contributed by atoms with E-state index < -0.39 is 0 Å². The largest absolute Gasteiger partial charge is 0.384 e. The minimum Gasteiger partial charge on any atom is -0.384 e. The van der Waals surface area contributed by atoms with Gasteiger partial charge in [-0.25, -0.2) is 0 Å². The summed E-state index contributed by atoms with van der Waals surface area (Å²) in [5.74, 6) is 3.43. The molecule has 2 aliphatic heterocycles. The van der Waals surface area contributed by atoms with Crippen molar-refractivity contribution in [2.75, 3.05) is 26.8 Å². The van der Waals surface area contributed by atoms with Crippen LogP contribution in [0.15, 0.2) is 10.2 Å². The van der Waals surface area contributed by atoms with Gasteiger partial charge in [0.25, 0.3) is 0 Å². The average Bonchev–Trinajstić information content (AvgIpc) is 3.28. The van der Waals surface area contributed by atoms with E-state index in [1.54, 1.807) is 7.11 Å². The molecule has 1 atom stereocenters. The van der Waals surface area contributed by atoms with Crippen LogP contribution in [0.25, 0.3) is 0 Å². The molecule has 0 aromatic heterocycles. The lowest BCUT2D eigenvalue weighted by Crippen LogP contribution is -2.32. The second kappa shape index (κ2) is 7.56. The molecule has 0 N–H and O–H groups in total. The molecule has 2 aliphatic rings. The van der Waals surface area contributed by atoms with E-state index in [1.807, 2.05) is 4.90 Å². The van der Waals surface area contributed by atoms with E-state index in [2.05, 4.69) is 16.1 Å². The predicted molar refractivity (Wildman–Crippen MR) is 80.7 cm³/mol. The molecule has 2 heterocycles. The summed E-state index contributed by atoms with van der Waals surface area (Å²) in [5, 5.41) is 8.17. The fraction of sp³-hybridized carbons (Fsp3) is 0.812. The molecule has 1 saturated heterocycles. The second-order valence-corrected chi connectivity index (χ2v) is 6.02. The van der Waals surface area contributed by atoms with Gasteiger partial charge in [-0.05, 0) is 25.2 Å². The Morgan fingerprint density at radius 1 is 1.38 bits per heavy atom. The Morgan fingerprint density at radius 3 is 2.86 bits per heavy atom. The van der Waals surface area contributed by atoms with Crippen LogP contribution in [0, 0.1) is 18.3 Å². The summed E-state index contributed by atoms with van der Waals surface area (Å²) in [5.41, 5.74) is -0.341. The summed E-state index contributed by atoms with van der Waals surface area (Å²) < 4.78 is 5.23. The normalized spacial score (nSPS) is 23.4. The number of rotatable bonds is 7. The van der Waals surface area contributed by atoms with Gasteiger partial charge < -0.3 is 9.64 Å². The molecule has 1 amide bonds. The number of carbonyl (C=O) groups is 1. The number of ether oxygens (including phenoxy) is 1. The van der Waals surface area contributed by atoms with E-state index in [0.29, 0.717) is 25.2 Å². The second-order valence-electron chi connectivity index (χ2n) is 6.02. The maximum absolute atomic E-state index is 12.3. The molecule has 2 rings (SSSR count). The van der Waals surface area contributed by atoms with Gasteiger partial charge in [-0.15, -0.1) is 12.3 Å². The Balaban J connectivity index is 1.72. The molecule has 0 spiro atoms. The lowest BCUT2D eigenvalue weighted by Gasteiger charge is -2.21. The van der Waals surface area contributed by atoms with E-state index in [1.165, 1.54) is 0 Å². The van der Waals surface area contributed by atoms with Gasteiger partial charge in [-0.2, -0.15) is 10.2 Å². The average molecular weight is 291 g/mol. The molecule has 5 heteroatoms. The zero-order chi connectivity index (χ0) is 15.1. The highest BCUT2D eigenvalue weighted by Crippen LogP contribution is 2.37. The SMILES string of the molecule is C#CCCC1(CCC(=O)N2CCCC(COC)CC2)N=N1. The monoisotopic (exact) mass is 291 g/mol. The van der Waals surface area contributed by atoms with Crippen molar-refractivity contribution in [3.63, 3.8) is 0 Å². The van der Waals surface area contributed by atoms with Crippen molar-refractivity contribution in [2.24, 2.45) is 16.1 Å². The quantitative estimate of drug-likeness (QED) is 0.677. The highest BCUT2D eigenvalue weighted by atomic mass is 16.5. The van der Waals surface area contributed by atoms with E-state index >= 15 is 0 Å². The number of methoxy groups -OCH3 is 1. The third-order valence-corrected chi connectivity index (χ3v) is 4.39. The fourth-order valence-corrected chi connectivity index (χ4v) is 2.95. The van der Waals surface area contributed by atoms with Crippen LogP contribution in [0.1, 0.15) is 44.9 Å². The smallest absolute Gasteiger partial charge is 0.222 e. The lowest BCUT2D eigenvalue weighted by molar-refractivity contribution is -0.131. The highest BCUT2D eigenvalue weighted by molar-refractivity contribution is 5.76. The number of carbonyl (C=O) groups excluding carboxylic acids is 1. The van der Waals surface area contributed by atoms with Crippen LogP contribution >= 0.6 is 0 Å². The van der Waals surface area contributed by atoms with Crippen molar-refractivity contribution in [2.45, 2.75) is 50.6 Å². The maximum atomic E-state index is 12.3. The Hall–Kier alpha value is -1.41. The summed E-state index contributed by atoms with van der Waals surface area (Å²) in [4.78, 5) is 14.3. The Labute approximate surface area is 127 Å². The molecule has 0 aromatic rings. The van der Waals surface area contributed by atoms with Crippen molar-refractivity contribution < 1.29 is 9.53 Å². The number of terminal acetylenes is 1. The molecule has 0 aliphatic carbocycles. The molecular weight excluding hydrogens is 266 g/mol. The Bertz CT molecular complexity index is 422. The van der Waals surface area contributed by atoms with Crippen LogP contribution in [-0.2, 0) is 9.53 Å². The lowest BCUT2D eigenvalue weighted by atomic mass is 10.0. The van der Waals surface area contributed by atoms with Gasteiger partial charge in [-0.1, -0.05) is 0 Å². The summed E-state index contributed by atoms with van der Waals surface area (Å²) in [7, 11) is 1.74. The van der Waals surface area contributed by atoms with Crippen molar-refractivity contribution in [1.82, 2.24) is 4.90 Å². The first-order valence-electron chi connectivity index (χ1n) is 7.83. The molecule has 0 saturated carbocycles. The number of likely N-dealkylation sites (tertiary alicyclic amines) is 1. The summed E-state index contributed by atoms with van der Waals surface area (Å²) >= 11 is 0. The Kier molecular flexibility index (Phi) is 5.75. The molecule has 1 fully saturated rings. The zero-order valence-corrected chi connectivity index (χ0v) is 12.9. The van der Waals surface area contributed by atoms with E-state index in [9.17, 15) is 4.79 Å². The van der Waals surface area contributed by atoms with Crippen LogP contribution in [0.5, 0.6) is 0 Å². The van der Waals surface area contributed by atoms with Crippen LogP contribution in [-0.4, -0.2) is 43.3 Å². The predicted octanol–water partition coefficient (Wildman–Crippen LogP) is 2.62. The highest BCUT2D eigenvalue weighted by Gasteiger charge is 2.39. The van der Waals surface area contributed by atoms with Gasteiger partial charge in [-0.3, -0.25) is 4.79 Å². The minimum atomic E-state index is -0.341. The Morgan fingerprint density at radius 2 is 2.19 bits per heavy atom. The molecule has 21 heavy (non-hydrogen) atoms. The van der Waals surface area contributed by atoms with Crippen molar-refractivity contribution >= 4 is 5.91 Å². The first-order chi connectivity index (χ1) is 10.2. The first-order valence-corrected chi connectivity index (χ1v) is 7.83. The number of nitrogens with zero attached hydrogens (tertiary/aromatic N) is 3. The standard InChI is InChI=1S/C16H25N3O2/c1-3-4-9-16(17-18-16)10-7-15(20)19-11-5-6-14(8-12-19)13-21-2/h1,14H,4-13H2,2H3. The first kappa shape index (κ1) is 16.0. The van der Waals surface area contributed by atoms with Crippen LogP contribution < -0.4 is 0 Å². The van der Waals surface area contributed by atoms with E-state index in [0.717, 1.165) is 45.4 Å². The molecule has 0 bridgehead atoms. The maximum Gasteiger partial charge on any atom is 0.222 e. The number of hydrogen-bond donors (Lipinski definition) is 0. The van der Waals surface area contributed by atoms with Gasteiger partial charge >= 0.3 is 0 Å². The van der Waals surface area contributed by atoms with Gasteiger partial charge in [0.05, 0.1) is 0 Å². The van der Waals surface area contributed by atoms with Crippen molar-refractivity contribution in [1.29, 1.82) is 0 Å². The summed E-state index contributed by atoms with van der Waals surface area (Å²) in [6, 6.07) is 0. The minimum absolute atomic E-state index is 0.227. The topological polar surface area (TPSA) is 54.3 Å². The van der Waals surface area contributed by atoms with Crippen molar-refractivity contribution in [3.8, 4) is 12.3 Å². The number of hydrogen-bond acceptors (Lipinski definition) is 4. The molecule has 0 aromatic carbocycles. The van der Waals surface area contributed by atoms with Crippen LogP contribution in [0.2, 0.25) is 0 Å². The van der Waals surface area contributed by atoms with Crippen LogP contribution in [0.3, 0.4) is 0 Å². The van der Waals surface area contributed by atoms with Gasteiger partial charge in [0.2, 0.25) is 5.91 Å². The fourth-order valence-electron chi connectivity index (χ4n) is 2.95. The van der Waals surface area contributed by atoms with Crippen LogP contribution in [0.4, 0.5) is 0 Å². The molecule has 0 radical (unpaired) electrons. The van der Waals surface area contributed by atoms with Crippen molar-refractivity contribution in [3.05, 3.63) is 0 Å².